The predicted molar refractivity (Wildman–Crippen MR) is 138 cm³/mol. The van der Waals surface area contributed by atoms with E-state index in [0.717, 1.165) is 44.1 Å². The van der Waals surface area contributed by atoms with Gasteiger partial charge in [-0.3, -0.25) is 9.48 Å². The Labute approximate surface area is 225 Å². The summed E-state index contributed by atoms with van der Waals surface area (Å²) < 4.78 is 17.3. The number of nitrogens with one attached hydrogen (secondary N) is 1. The van der Waals surface area contributed by atoms with Crippen LogP contribution in [0.4, 0.5) is 16.0 Å². The van der Waals surface area contributed by atoms with Crippen LogP contribution in [0.5, 0.6) is 0 Å². The fourth-order valence-corrected chi connectivity index (χ4v) is 8.10. The van der Waals surface area contributed by atoms with Crippen molar-refractivity contribution in [2.45, 2.75) is 57.0 Å². The van der Waals surface area contributed by atoms with Gasteiger partial charge in [-0.1, -0.05) is 23.7 Å². The van der Waals surface area contributed by atoms with Crippen LogP contribution in [0.2, 0.25) is 5.02 Å². The molecule has 4 saturated carbocycles. The Balaban J connectivity index is 1.19. The number of nitro groups is 1. The molecule has 4 aliphatic rings. The number of hydrogen-bond acceptors (Lipinski definition) is 5. The van der Waals surface area contributed by atoms with Gasteiger partial charge in [0.05, 0.1) is 23.4 Å². The van der Waals surface area contributed by atoms with Gasteiger partial charge in [0.25, 0.3) is 0 Å². The van der Waals surface area contributed by atoms with Crippen LogP contribution in [0.3, 0.4) is 0 Å². The molecule has 12 heteroatoms. The zero-order chi connectivity index (χ0) is 25.9. The second kappa shape index (κ2) is 8.90. The molecule has 3 aromatic rings. The predicted octanol–water partition coefficient (Wildman–Crippen LogP) is 5.92. The molecule has 2 aromatic heterocycles. The van der Waals surface area contributed by atoms with Crippen molar-refractivity contribution in [1.82, 2.24) is 19.6 Å². The van der Waals surface area contributed by atoms with Gasteiger partial charge in [-0.15, -0.1) is 0 Å². The molecule has 0 saturated heterocycles. The van der Waals surface area contributed by atoms with Gasteiger partial charge < -0.3 is 15.4 Å². The first-order chi connectivity index (χ1) is 17.6. The van der Waals surface area contributed by atoms with Gasteiger partial charge >= 0.3 is 5.82 Å². The van der Waals surface area contributed by atoms with Crippen LogP contribution in [-0.2, 0) is 16.9 Å². The normalized spacial score (nSPS) is 28.0. The van der Waals surface area contributed by atoms with Crippen LogP contribution in [0.1, 0.15) is 50.5 Å². The number of carbonyl (C=O) groups is 1. The lowest BCUT2D eigenvalue weighted by molar-refractivity contribution is -0.390. The van der Waals surface area contributed by atoms with E-state index < -0.39 is 4.92 Å². The van der Waals surface area contributed by atoms with Crippen molar-refractivity contribution in [2.75, 3.05) is 5.32 Å². The Morgan fingerprint density at radius 3 is 2.68 bits per heavy atom. The Kier molecular flexibility index (Phi) is 5.91. The van der Waals surface area contributed by atoms with Crippen LogP contribution >= 0.6 is 27.5 Å². The van der Waals surface area contributed by atoms with E-state index in [1.807, 2.05) is 0 Å². The first kappa shape index (κ1) is 24.5. The summed E-state index contributed by atoms with van der Waals surface area (Å²) in [4.78, 5) is 24.2. The fraction of sp³-hybridized carbons (Fsp3) is 0.480. The van der Waals surface area contributed by atoms with Crippen LogP contribution in [-0.4, -0.2) is 30.4 Å². The number of aromatic nitrogens is 4. The van der Waals surface area contributed by atoms with E-state index in [9.17, 15) is 19.3 Å². The minimum Gasteiger partial charge on any atom is -0.358 e. The summed E-state index contributed by atoms with van der Waals surface area (Å²) in [7, 11) is 0. The maximum Gasteiger partial charge on any atom is 0.404 e. The maximum atomic E-state index is 13.5. The number of halogens is 3. The molecule has 37 heavy (non-hydrogen) atoms. The van der Waals surface area contributed by atoms with Crippen LogP contribution in [0, 0.1) is 33.2 Å². The molecule has 4 bridgehead atoms. The molecule has 2 atom stereocenters. The molecule has 0 spiro atoms. The molecule has 2 unspecified atom stereocenters. The van der Waals surface area contributed by atoms with Crippen LogP contribution in [0.25, 0.3) is 0 Å². The molecule has 194 valence electrons. The van der Waals surface area contributed by atoms with Crippen molar-refractivity contribution in [2.24, 2.45) is 17.3 Å². The number of amides is 1. The van der Waals surface area contributed by atoms with E-state index in [2.05, 4.69) is 31.4 Å². The second-order valence-corrected chi connectivity index (χ2v) is 12.3. The van der Waals surface area contributed by atoms with Crippen molar-refractivity contribution >= 4 is 45.1 Å². The first-order valence-corrected chi connectivity index (χ1v) is 13.5. The first-order valence-electron chi connectivity index (χ1n) is 12.3. The number of carbonyl (C=O) groups excluding carboxylic acids is 1. The highest BCUT2D eigenvalue weighted by molar-refractivity contribution is 9.10. The number of anilines is 1. The Bertz CT molecular complexity index is 1390. The smallest absolute Gasteiger partial charge is 0.358 e. The Morgan fingerprint density at radius 1 is 1.24 bits per heavy atom. The monoisotopic (exact) mass is 590 g/mol. The zero-order valence-corrected chi connectivity index (χ0v) is 22.2. The van der Waals surface area contributed by atoms with E-state index in [-0.39, 0.29) is 34.3 Å². The highest BCUT2D eigenvalue weighted by Crippen LogP contribution is 2.65. The van der Waals surface area contributed by atoms with E-state index in [1.54, 1.807) is 33.9 Å². The van der Waals surface area contributed by atoms with Crippen molar-refractivity contribution in [3.8, 4) is 0 Å². The van der Waals surface area contributed by atoms with Gasteiger partial charge in [0, 0.05) is 12.6 Å². The molecule has 0 radical (unpaired) electrons. The molecule has 4 fully saturated rings. The number of nitrogens with zero attached hydrogens (tertiary/aromatic N) is 5. The summed E-state index contributed by atoms with van der Waals surface area (Å²) in [5.74, 6) is 0.563. The summed E-state index contributed by atoms with van der Waals surface area (Å²) >= 11 is 9.66. The van der Waals surface area contributed by atoms with Crippen molar-refractivity contribution < 1.29 is 14.1 Å². The van der Waals surface area contributed by atoms with Crippen molar-refractivity contribution in [3.05, 3.63) is 67.6 Å². The van der Waals surface area contributed by atoms with Gasteiger partial charge in [-0.25, -0.2) is 4.39 Å². The maximum absolute atomic E-state index is 13.5. The lowest BCUT2D eigenvalue weighted by Gasteiger charge is -2.61. The average Bonchev–Trinajstić information content (AvgIpc) is 3.35. The van der Waals surface area contributed by atoms with E-state index >= 15 is 0 Å². The third-order valence-corrected chi connectivity index (χ3v) is 9.04. The summed E-state index contributed by atoms with van der Waals surface area (Å²) in [6.07, 6.45) is 9.34. The summed E-state index contributed by atoms with van der Waals surface area (Å²) in [6.45, 7) is 0.328. The standard InChI is InChI=1S/C25H25BrClFN6O3/c26-19-12-33(31-23(19)34(36)37)25-8-16-4-17(9-25)7-24(6-16,14-25)10-21(35)29-22-20(27)13-32(30-22)11-15-2-1-3-18(28)5-15/h1-3,5,12-13,16-17H,4,6-11,14H2,(H,29,30,35). The largest absolute Gasteiger partial charge is 0.404 e. The molecule has 1 aromatic carbocycles. The number of benzene rings is 1. The lowest BCUT2D eigenvalue weighted by atomic mass is 9.46. The summed E-state index contributed by atoms with van der Waals surface area (Å²) in [6, 6.07) is 6.25. The molecule has 2 heterocycles. The van der Waals surface area contributed by atoms with Crippen molar-refractivity contribution in [3.63, 3.8) is 0 Å². The third-order valence-electron chi connectivity index (χ3n) is 8.21. The fourth-order valence-electron chi connectivity index (χ4n) is 7.49. The second-order valence-electron chi connectivity index (χ2n) is 11.1. The number of hydrogen-bond donors (Lipinski definition) is 1. The highest BCUT2D eigenvalue weighted by Gasteiger charge is 2.60. The molecule has 0 aliphatic heterocycles. The molecule has 1 N–H and O–H groups in total. The minimum atomic E-state index is -0.471. The Morgan fingerprint density at radius 2 is 2.00 bits per heavy atom. The van der Waals surface area contributed by atoms with Crippen LogP contribution < -0.4 is 5.32 Å². The SMILES string of the molecule is O=C(CC12CC3CC(C1)CC(n1cc(Br)c([N+](=O)[O-])n1)(C3)C2)Nc1nn(Cc2cccc(F)c2)cc1Cl. The van der Waals surface area contributed by atoms with E-state index in [1.165, 1.54) is 12.1 Å². The lowest BCUT2D eigenvalue weighted by Crippen LogP contribution is -2.57. The van der Waals surface area contributed by atoms with Gasteiger partial charge in [0.15, 0.2) is 5.82 Å². The quantitative estimate of drug-likeness (QED) is 0.271. The summed E-state index contributed by atoms with van der Waals surface area (Å²) in [5.41, 5.74) is 0.227. The van der Waals surface area contributed by atoms with Crippen LogP contribution in [0.15, 0.2) is 41.1 Å². The number of rotatable bonds is 7. The van der Waals surface area contributed by atoms with Gasteiger partial charge in [0.1, 0.15) is 15.3 Å². The van der Waals surface area contributed by atoms with Crippen molar-refractivity contribution in [1.29, 1.82) is 0 Å². The minimum absolute atomic E-state index is 0.150. The van der Waals surface area contributed by atoms with E-state index in [0.29, 0.717) is 34.3 Å². The van der Waals surface area contributed by atoms with E-state index in [4.69, 9.17) is 11.6 Å². The van der Waals surface area contributed by atoms with Gasteiger partial charge in [-0.05, 0) is 94.3 Å². The Hall–Kier alpha value is -2.79. The molecule has 9 nitrogen and oxygen atoms in total. The van der Waals surface area contributed by atoms with Gasteiger partial charge in [-0.2, -0.15) is 9.78 Å². The summed E-state index contributed by atoms with van der Waals surface area (Å²) in [5, 5.41) is 23.4. The molecule has 4 aliphatic carbocycles. The highest BCUT2D eigenvalue weighted by atomic mass is 79.9. The van der Waals surface area contributed by atoms with Gasteiger partial charge in [0.2, 0.25) is 5.91 Å². The third kappa shape index (κ3) is 4.56. The molecular weight excluding hydrogens is 567 g/mol. The average molecular weight is 592 g/mol. The molecule has 7 rings (SSSR count). The molecule has 1 amide bonds. The molecular formula is C25H25BrClFN6O3. The topological polar surface area (TPSA) is 108 Å². The zero-order valence-electron chi connectivity index (χ0n) is 19.9.